The number of carbonyl (C=O) groups excluding carboxylic acids is 1. The Bertz CT molecular complexity index is 925. The Labute approximate surface area is 121 Å². The van der Waals surface area contributed by atoms with Crippen LogP contribution in [0.15, 0.2) is 66.9 Å². The van der Waals surface area contributed by atoms with Gasteiger partial charge in [0.15, 0.2) is 0 Å². The van der Waals surface area contributed by atoms with E-state index in [4.69, 9.17) is 5.73 Å². The highest BCUT2D eigenvalue weighted by molar-refractivity contribution is 6.08. The predicted octanol–water partition coefficient (Wildman–Crippen LogP) is 3.01. The molecule has 0 spiro atoms. The average molecular weight is 275 g/mol. The van der Waals surface area contributed by atoms with Gasteiger partial charge in [0.2, 0.25) is 0 Å². The molecular weight excluding hydrogens is 262 g/mol. The van der Waals surface area contributed by atoms with Crippen molar-refractivity contribution in [1.82, 2.24) is 9.35 Å². The van der Waals surface area contributed by atoms with E-state index in [1.54, 1.807) is 10.7 Å². The highest BCUT2D eigenvalue weighted by atomic mass is 16.1. The number of para-hydroxylation sites is 2. The van der Waals surface area contributed by atoms with Gasteiger partial charge in [-0.1, -0.05) is 36.4 Å². The molecule has 4 heteroatoms. The van der Waals surface area contributed by atoms with Crippen molar-refractivity contribution < 1.29 is 4.79 Å². The highest BCUT2D eigenvalue weighted by Gasteiger charge is 2.14. The quantitative estimate of drug-likeness (QED) is 0.600. The van der Waals surface area contributed by atoms with Gasteiger partial charge in [-0.2, -0.15) is 0 Å². The molecule has 21 heavy (non-hydrogen) atoms. The second kappa shape index (κ2) is 4.24. The molecular formula is C17H13N3O. The number of amides is 1. The lowest BCUT2D eigenvalue weighted by molar-refractivity contribution is 0.0991. The van der Waals surface area contributed by atoms with E-state index >= 15 is 0 Å². The van der Waals surface area contributed by atoms with Gasteiger partial charge in [-0.3, -0.25) is 9.47 Å². The largest absolute Gasteiger partial charge is 0.364 e. The third-order valence-corrected chi connectivity index (χ3v) is 3.75. The van der Waals surface area contributed by atoms with Gasteiger partial charge in [-0.25, -0.2) is 4.68 Å². The van der Waals surface area contributed by atoms with Crippen LogP contribution in [0.3, 0.4) is 0 Å². The zero-order valence-corrected chi connectivity index (χ0v) is 11.2. The van der Waals surface area contributed by atoms with Crippen LogP contribution in [-0.4, -0.2) is 15.3 Å². The number of nitrogens with zero attached hydrogens (tertiary/aromatic N) is 2. The molecule has 0 fully saturated rings. The summed E-state index contributed by atoms with van der Waals surface area (Å²) in [5.74, 6) is -0.443. The van der Waals surface area contributed by atoms with E-state index in [0.717, 1.165) is 21.8 Å². The zero-order chi connectivity index (χ0) is 14.4. The topological polar surface area (TPSA) is 53.0 Å². The summed E-state index contributed by atoms with van der Waals surface area (Å²) < 4.78 is 3.82. The number of nitrogens with two attached hydrogens (primary N) is 1. The molecule has 0 saturated heterocycles. The smallest absolute Gasteiger partial charge is 0.267 e. The molecule has 0 aliphatic carbocycles. The Morgan fingerprint density at radius 1 is 0.810 bits per heavy atom. The molecule has 4 aromatic rings. The third kappa shape index (κ3) is 1.59. The van der Waals surface area contributed by atoms with Crippen molar-refractivity contribution >= 4 is 27.7 Å². The standard InChI is InChI=1S/C17H13N3O/c18-17(21)16-10-5-11-19(16)20-14-8-3-1-6-12(14)13-7-2-4-9-15(13)20/h1-11H,(H2,18,21). The molecule has 0 bridgehead atoms. The van der Waals surface area contributed by atoms with Crippen LogP contribution in [0.4, 0.5) is 0 Å². The monoisotopic (exact) mass is 275 g/mol. The Balaban J connectivity index is 2.20. The first-order chi connectivity index (χ1) is 10.3. The fraction of sp³-hybridized carbons (Fsp3) is 0. The Hall–Kier alpha value is -3.01. The van der Waals surface area contributed by atoms with Crippen LogP contribution in [0.1, 0.15) is 10.5 Å². The SMILES string of the molecule is NC(=O)c1cccn1-n1c2ccccc2c2ccccc21. The molecule has 0 aliphatic rings. The van der Waals surface area contributed by atoms with Crippen LogP contribution >= 0.6 is 0 Å². The summed E-state index contributed by atoms with van der Waals surface area (Å²) in [6.07, 6.45) is 1.85. The van der Waals surface area contributed by atoms with Crippen LogP contribution in [0.5, 0.6) is 0 Å². The van der Waals surface area contributed by atoms with Gasteiger partial charge in [0.25, 0.3) is 5.91 Å². The van der Waals surface area contributed by atoms with E-state index in [9.17, 15) is 4.79 Å². The van der Waals surface area contributed by atoms with Crippen molar-refractivity contribution in [1.29, 1.82) is 0 Å². The molecule has 0 aliphatic heterocycles. The summed E-state index contributed by atoms with van der Waals surface area (Å²) >= 11 is 0. The number of fused-ring (bicyclic) bond motifs is 3. The first-order valence-electron chi connectivity index (χ1n) is 6.73. The maximum absolute atomic E-state index is 11.6. The normalized spacial score (nSPS) is 11.2. The minimum atomic E-state index is -0.443. The molecule has 0 radical (unpaired) electrons. The molecule has 2 N–H and O–H groups in total. The van der Waals surface area contributed by atoms with Crippen LogP contribution in [0.25, 0.3) is 21.8 Å². The lowest BCUT2D eigenvalue weighted by Crippen LogP contribution is -2.20. The van der Waals surface area contributed by atoms with Crippen molar-refractivity contribution in [3.8, 4) is 0 Å². The van der Waals surface area contributed by atoms with E-state index in [2.05, 4.69) is 12.1 Å². The molecule has 0 saturated carbocycles. The third-order valence-electron chi connectivity index (χ3n) is 3.75. The maximum atomic E-state index is 11.6. The molecule has 0 unspecified atom stereocenters. The van der Waals surface area contributed by atoms with Crippen LogP contribution in [0.2, 0.25) is 0 Å². The highest BCUT2D eigenvalue weighted by Crippen LogP contribution is 2.29. The minimum Gasteiger partial charge on any atom is -0.364 e. The number of carbonyl (C=O) groups is 1. The summed E-state index contributed by atoms with van der Waals surface area (Å²) in [6.45, 7) is 0. The number of hydrogen-bond donors (Lipinski definition) is 1. The molecule has 2 aromatic carbocycles. The summed E-state index contributed by atoms with van der Waals surface area (Å²) in [4.78, 5) is 11.6. The molecule has 4 rings (SSSR count). The second-order valence-corrected chi connectivity index (χ2v) is 4.95. The lowest BCUT2D eigenvalue weighted by atomic mass is 10.2. The van der Waals surface area contributed by atoms with E-state index in [-0.39, 0.29) is 0 Å². The molecule has 0 atom stereocenters. The predicted molar refractivity (Wildman–Crippen MR) is 83.2 cm³/mol. The van der Waals surface area contributed by atoms with E-state index in [1.165, 1.54) is 0 Å². The molecule has 102 valence electrons. The summed E-state index contributed by atoms with van der Waals surface area (Å²) in [5.41, 5.74) is 8.02. The number of rotatable bonds is 2. The fourth-order valence-corrected chi connectivity index (χ4v) is 2.88. The van der Waals surface area contributed by atoms with Gasteiger partial charge in [0.05, 0.1) is 11.0 Å². The average Bonchev–Trinajstić information content (AvgIpc) is 3.09. The summed E-state index contributed by atoms with van der Waals surface area (Å²) in [6, 6.07) is 19.8. The molecule has 2 aromatic heterocycles. The Morgan fingerprint density at radius 2 is 1.38 bits per heavy atom. The van der Waals surface area contributed by atoms with E-state index < -0.39 is 5.91 Å². The first-order valence-corrected chi connectivity index (χ1v) is 6.73. The number of benzene rings is 2. The van der Waals surface area contributed by atoms with Gasteiger partial charge in [-0.15, -0.1) is 0 Å². The van der Waals surface area contributed by atoms with Crippen LogP contribution in [-0.2, 0) is 0 Å². The summed E-state index contributed by atoms with van der Waals surface area (Å²) in [7, 11) is 0. The number of primary amides is 1. The van der Waals surface area contributed by atoms with Gasteiger partial charge in [0.1, 0.15) is 5.69 Å². The molecule has 2 heterocycles. The molecule has 1 amide bonds. The van der Waals surface area contributed by atoms with Crippen molar-refractivity contribution in [2.45, 2.75) is 0 Å². The maximum Gasteiger partial charge on any atom is 0.267 e. The van der Waals surface area contributed by atoms with Crippen molar-refractivity contribution in [3.63, 3.8) is 0 Å². The fourth-order valence-electron chi connectivity index (χ4n) is 2.88. The zero-order valence-electron chi connectivity index (χ0n) is 11.2. The molecule has 4 nitrogen and oxygen atoms in total. The number of aromatic nitrogens is 2. The second-order valence-electron chi connectivity index (χ2n) is 4.95. The van der Waals surface area contributed by atoms with Crippen LogP contribution in [0, 0.1) is 0 Å². The minimum absolute atomic E-state index is 0.443. The van der Waals surface area contributed by atoms with Gasteiger partial charge >= 0.3 is 0 Å². The number of hydrogen-bond acceptors (Lipinski definition) is 1. The van der Waals surface area contributed by atoms with Gasteiger partial charge in [0, 0.05) is 17.0 Å². The first kappa shape index (κ1) is 11.8. The van der Waals surface area contributed by atoms with Crippen molar-refractivity contribution in [3.05, 3.63) is 72.6 Å². The van der Waals surface area contributed by atoms with Gasteiger partial charge < -0.3 is 5.73 Å². The van der Waals surface area contributed by atoms with Crippen molar-refractivity contribution in [2.24, 2.45) is 5.73 Å². The van der Waals surface area contributed by atoms with Crippen LogP contribution < -0.4 is 5.73 Å². The Morgan fingerprint density at radius 3 is 1.95 bits per heavy atom. The lowest BCUT2D eigenvalue weighted by Gasteiger charge is -2.11. The summed E-state index contributed by atoms with van der Waals surface area (Å²) in [5, 5.41) is 2.30. The van der Waals surface area contributed by atoms with E-state index in [1.807, 2.05) is 53.3 Å². The Kier molecular flexibility index (Phi) is 2.38. The van der Waals surface area contributed by atoms with E-state index in [0.29, 0.717) is 5.69 Å². The van der Waals surface area contributed by atoms with Crippen molar-refractivity contribution in [2.75, 3.05) is 0 Å². The van der Waals surface area contributed by atoms with Gasteiger partial charge in [-0.05, 0) is 24.3 Å².